The summed E-state index contributed by atoms with van der Waals surface area (Å²) in [5.74, 6) is 0. The Balaban J connectivity index is 0.00000900. The molecule has 0 aliphatic heterocycles. The van der Waals surface area contributed by atoms with E-state index in [2.05, 4.69) is 0 Å². The molecule has 31 heavy (non-hydrogen) atoms. The van der Waals surface area contributed by atoms with Gasteiger partial charge in [-0.3, -0.25) is 28.1 Å². The van der Waals surface area contributed by atoms with E-state index in [1.54, 1.807) is 0 Å². The molecule has 0 atom stereocenters. The molecule has 19 heteroatoms. The zero-order valence-electron chi connectivity index (χ0n) is 15.8. The van der Waals surface area contributed by atoms with Gasteiger partial charge in [0, 0.05) is 53.0 Å². The molecular formula is C12H24GdN2O12P4. The topological polar surface area (TPSA) is 237 Å². The quantitative estimate of drug-likeness (QED) is 0.136. The minimum Gasteiger partial charge on any atom is -0.324 e. The van der Waals surface area contributed by atoms with Crippen molar-refractivity contribution < 1.29 is 97.3 Å². The Morgan fingerprint density at radius 2 is 0.839 bits per heavy atom. The second kappa shape index (κ2) is 12.7. The molecule has 1 aromatic carbocycles. The standard InChI is InChI=1S/C12H24N2O12P4.Gd/c15-27(16,17)7-13(8-28(18,19)20)5-11-2-1-3-12(4-11)6-14(9-29(21,22)23)10-30(24,25)26;/h1-4H,5-10H2,(H2,15,16,17)(H2,18,19,20)(H2,21,22,23)(H2,24,25,26);/i;1-4. The minimum absolute atomic E-state index is 0. The van der Waals surface area contributed by atoms with Gasteiger partial charge in [0.25, 0.3) is 0 Å². The summed E-state index contributed by atoms with van der Waals surface area (Å²) in [7, 11) is -18.5. The van der Waals surface area contributed by atoms with Crippen LogP contribution in [0.4, 0.5) is 0 Å². The van der Waals surface area contributed by atoms with Crippen LogP contribution in [0.3, 0.4) is 0 Å². The molecule has 0 aromatic heterocycles. The SMILES string of the molecule is O=P(O)(O)CN(Cc1cccc(CN(CP(=O)(O)O)CP(=O)(O)O)c1)CP(=O)(O)O.[153Gd]. The van der Waals surface area contributed by atoms with Crippen LogP contribution < -0.4 is 0 Å². The molecule has 0 unspecified atom stereocenters. The van der Waals surface area contributed by atoms with Crippen molar-refractivity contribution in [1.29, 1.82) is 0 Å². The molecular weight excluding hydrogens is 641 g/mol. The van der Waals surface area contributed by atoms with E-state index in [0.29, 0.717) is 11.1 Å². The first kappa shape index (κ1) is 32.1. The van der Waals surface area contributed by atoms with E-state index in [4.69, 9.17) is 39.1 Å². The average molecular weight is 665 g/mol. The van der Waals surface area contributed by atoms with Gasteiger partial charge >= 0.3 is 30.4 Å². The monoisotopic (exact) mass is 665 g/mol. The van der Waals surface area contributed by atoms with Gasteiger partial charge in [-0.05, 0) is 11.1 Å². The third kappa shape index (κ3) is 17.2. The molecule has 8 N–H and O–H groups in total. The molecule has 0 heterocycles. The molecule has 182 valence electrons. The molecule has 0 radical (unpaired) electrons. The van der Waals surface area contributed by atoms with Crippen LogP contribution in [0.5, 0.6) is 0 Å². The Morgan fingerprint density at radius 1 is 0.581 bits per heavy atom. The molecule has 0 aliphatic rings. The Labute approximate surface area is 210 Å². The third-order valence-corrected chi connectivity index (χ3v) is 6.41. The van der Waals surface area contributed by atoms with Crippen LogP contribution in [-0.2, 0) is 31.3 Å². The van der Waals surface area contributed by atoms with Crippen LogP contribution in [-0.4, -0.2) is 74.1 Å². The maximum Gasteiger partial charge on any atom is 0.339 e. The van der Waals surface area contributed by atoms with Gasteiger partial charge in [0.15, 0.2) is 0 Å². The van der Waals surface area contributed by atoms with Crippen molar-refractivity contribution in [2.24, 2.45) is 0 Å². The van der Waals surface area contributed by atoms with Crippen molar-refractivity contribution in [1.82, 2.24) is 9.80 Å². The number of hydrogen-bond acceptors (Lipinski definition) is 6. The van der Waals surface area contributed by atoms with Gasteiger partial charge in [-0.15, -0.1) is 0 Å². The molecule has 0 spiro atoms. The molecule has 0 bridgehead atoms. The van der Waals surface area contributed by atoms with E-state index >= 15 is 0 Å². The van der Waals surface area contributed by atoms with Gasteiger partial charge in [-0.1, -0.05) is 24.3 Å². The van der Waals surface area contributed by atoms with Gasteiger partial charge in [-0.2, -0.15) is 0 Å². The van der Waals surface area contributed by atoms with E-state index < -0.39 is 55.5 Å². The first-order chi connectivity index (χ1) is 13.3. The molecule has 0 amide bonds. The van der Waals surface area contributed by atoms with Crippen molar-refractivity contribution >= 4 is 30.4 Å². The summed E-state index contributed by atoms with van der Waals surface area (Å²) in [6.07, 6.45) is -3.65. The van der Waals surface area contributed by atoms with Gasteiger partial charge in [0.2, 0.25) is 0 Å². The summed E-state index contributed by atoms with van der Waals surface area (Å²) in [5.41, 5.74) is 0.725. The molecule has 1 rings (SSSR count). The molecule has 0 saturated heterocycles. The largest absolute Gasteiger partial charge is 0.339 e. The summed E-state index contributed by atoms with van der Waals surface area (Å²) in [6.45, 7) is -0.526. The number of rotatable bonds is 12. The van der Waals surface area contributed by atoms with E-state index in [1.165, 1.54) is 24.3 Å². The first-order valence-electron chi connectivity index (χ1n) is 8.02. The maximum atomic E-state index is 11.2. The van der Waals surface area contributed by atoms with Crippen molar-refractivity contribution in [3.05, 3.63) is 35.4 Å². The average Bonchev–Trinajstić information content (AvgIpc) is 2.39. The summed E-state index contributed by atoms with van der Waals surface area (Å²) in [4.78, 5) is 74.6. The number of benzene rings is 1. The number of nitrogens with zero attached hydrogens (tertiary/aromatic N) is 2. The van der Waals surface area contributed by atoms with Gasteiger partial charge < -0.3 is 39.1 Å². The van der Waals surface area contributed by atoms with Crippen LogP contribution >= 0.6 is 30.4 Å². The molecule has 0 saturated carbocycles. The smallest absolute Gasteiger partial charge is 0.324 e. The fourth-order valence-electron chi connectivity index (χ4n) is 2.67. The summed E-state index contributed by atoms with van der Waals surface area (Å²) >= 11 is 0. The molecule has 1 aromatic rings. The summed E-state index contributed by atoms with van der Waals surface area (Å²) in [5, 5.41) is 0. The Hall–Kier alpha value is 1.06. The van der Waals surface area contributed by atoms with Gasteiger partial charge in [-0.25, -0.2) is 0 Å². The third-order valence-electron chi connectivity index (χ3n) is 3.34. The van der Waals surface area contributed by atoms with Gasteiger partial charge in [0.1, 0.15) is 25.1 Å². The van der Waals surface area contributed by atoms with Crippen LogP contribution in [0, 0.1) is 39.9 Å². The van der Waals surface area contributed by atoms with E-state index in [1.807, 2.05) is 0 Å². The van der Waals surface area contributed by atoms with Crippen molar-refractivity contribution in [2.45, 2.75) is 13.1 Å². The number of hydrogen-bond donors (Lipinski definition) is 8. The molecule has 0 aliphatic carbocycles. The van der Waals surface area contributed by atoms with Gasteiger partial charge in [0.05, 0.1) is 0 Å². The second-order valence-electron chi connectivity index (χ2n) is 6.70. The van der Waals surface area contributed by atoms with Crippen molar-refractivity contribution in [2.75, 3.05) is 25.1 Å². The van der Waals surface area contributed by atoms with Crippen LogP contribution in [0.25, 0.3) is 0 Å². The van der Waals surface area contributed by atoms with E-state index in [9.17, 15) is 18.3 Å². The maximum absolute atomic E-state index is 11.2. The molecule has 0 fully saturated rings. The normalized spacial score (nSPS) is 13.5. The molecule has 14 nitrogen and oxygen atoms in total. The fourth-order valence-corrected chi connectivity index (χ4v) is 5.87. The predicted molar refractivity (Wildman–Crippen MR) is 105 cm³/mol. The van der Waals surface area contributed by atoms with Crippen LogP contribution in [0.1, 0.15) is 11.1 Å². The van der Waals surface area contributed by atoms with Crippen LogP contribution in [0.2, 0.25) is 0 Å². The fraction of sp³-hybridized carbons (Fsp3) is 0.500. The first-order valence-corrected chi connectivity index (χ1v) is 15.2. The Kier molecular flexibility index (Phi) is 13.1. The minimum atomic E-state index is -4.63. The summed E-state index contributed by atoms with van der Waals surface area (Å²) in [6, 6.07) is 5.89. The second-order valence-corrected chi connectivity index (χ2v) is 13.2. The van der Waals surface area contributed by atoms with Crippen molar-refractivity contribution in [3.63, 3.8) is 0 Å². The van der Waals surface area contributed by atoms with Crippen LogP contribution in [0.15, 0.2) is 24.3 Å². The van der Waals surface area contributed by atoms with E-state index in [-0.39, 0.29) is 53.0 Å². The Bertz CT molecular complexity index is 791. The zero-order valence-corrected chi connectivity index (χ0v) is 21.6. The Morgan fingerprint density at radius 3 is 1.06 bits per heavy atom. The van der Waals surface area contributed by atoms with E-state index in [0.717, 1.165) is 9.80 Å². The van der Waals surface area contributed by atoms with Crippen molar-refractivity contribution in [3.8, 4) is 0 Å². The summed E-state index contributed by atoms with van der Waals surface area (Å²) < 4.78 is 45.0. The predicted octanol–water partition coefficient (Wildman–Crippen LogP) is -0.169. The zero-order chi connectivity index (χ0) is 23.4.